The second kappa shape index (κ2) is 7.09. The summed E-state index contributed by atoms with van der Waals surface area (Å²) in [5.41, 5.74) is 1.71. The van der Waals surface area contributed by atoms with E-state index in [1.54, 1.807) is 13.1 Å². The van der Waals surface area contributed by atoms with E-state index in [0.717, 1.165) is 18.5 Å². The Labute approximate surface area is 114 Å². The molecule has 0 aliphatic rings. The Kier molecular flexibility index (Phi) is 5.76. The maximum atomic E-state index is 11.0. The van der Waals surface area contributed by atoms with Gasteiger partial charge in [0, 0.05) is 19.7 Å². The van der Waals surface area contributed by atoms with Crippen molar-refractivity contribution in [3.8, 4) is 0 Å². The molecule has 0 fully saturated rings. The summed E-state index contributed by atoms with van der Waals surface area (Å²) < 4.78 is 0. The zero-order chi connectivity index (χ0) is 14.4. The molecule has 5 heteroatoms. The fourth-order valence-electron chi connectivity index (χ4n) is 2.01. The molecule has 0 aliphatic carbocycles. The van der Waals surface area contributed by atoms with Gasteiger partial charge in [-0.05, 0) is 31.5 Å². The molecule has 0 bridgehead atoms. The smallest absolute Gasteiger partial charge is 0.292 e. The first-order valence-electron chi connectivity index (χ1n) is 6.58. The summed E-state index contributed by atoms with van der Waals surface area (Å²) in [6.45, 7) is 6.09. The Bertz CT molecular complexity index is 433. The van der Waals surface area contributed by atoms with E-state index < -0.39 is 0 Å². The predicted octanol–water partition coefficient (Wildman–Crippen LogP) is 3.11. The van der Waals surface area contributed by atoms with E-state index >= 15 is 0 Å². The average molecular weight is 265 g/mol. The quantitative estimate of drug-likeness (QED) is 0.608. The van der Waals surface area contributed by atoms with Crippen LogP contribution in [0.25, 0.3) is 0 Å². The van der Waals surface area contributed by atoms with Gasteiger partial charge in [0.15, 0.2) is 0 Å². The van der Waals surface area contributed by atoms with Crippen LogP contribution < -0.4 is 5.32 Å². The van der Waals surface area contributed by atoms with Crippen molar-refractivity contribution >= 4 is 11.4 Å². The number of nitrogens with zero attached hydrogens (tertiary/aromatic N) is 2. The second-order valence-corrected chi connectivity index (χ2v) is 5.24. The first kappa shape index (κ1) is 15.4. The molecular formula is C14H23N3O2. The molecular weight excluding hydrogens is 242 g/mol. The van der Waals surface area contributed by atoms with Gasteiger partial charge in [0.2, 0.25) is 0 Å². The van der Waals surface area contributed by atoms with Gasteiger partial charge >= 0.3 is 0 Å². The van der Waals surface area contributed by atoms with Gasteiger partial charge in [-0.25, -0.2) is 0 Å². The van der Waals surface area contributed by atoms with E-state index in [0.29, 0.717) is 18.2 Å². The number of anilines is 1. The zero-order valence-electron chi connectivity index (χ0n) is 12.1. The summed E-state index contributed by atoms with van der Waals surface area (Å²) >= 11 is 0. The molecule has 106 valence electrons. The molecule has 0 spiro atoms. The van der Waals surface area contributed by atoms with E-state index in [-0.39, 0.29) is 10.6 Å². The van der Waals surface area contributed by atoms with Crippen LogP contribution in [0.1, 0.15) is 25.8 Å². The Morgan fingerprint density at radius 3 is 2.63 bits per heavy atom. The van der Waals surface area contributed by atoms with Crippen molar-refractivity contribution in [2.75, 3.05) is 26.0 Å². The molecule has 0 unspecified atom stereocenters. The Hall–Kier alpha value is -1.62. The molecule has 0 heterocycles. The highest BCUT2D eigenvalue weighted by Crippen LogP contribution is 2.28. The third kappa shape index (κ3) is 4.52. The van der Waals surface area contributed by atoms with E-state index in [1.165, 1.54) is 6.07 Å². The Morgan fingerprint density at radius 2 is 2.11 bits per heavy atom. The SMILES string of the molecule is CNc1c(CN(C)CCC(C)C)cccc1[N+](=O)[O-]. The first-order chi connectivity index (χ1) is 8.95. The highest BCUT2D eigenvalue weighted by molar-refractivity contribution is 5.66. The standard InChI is InChI=1S/C14H23N3O2/c1-11(2)8-9-16(4)10-12-6-5-7-13(17(18)19)14(12)15-3/h5-7,11,15H,8-10H2,1-4H3. The monoisotopic (exact) mass is 265 g/mol. The van der Waals surface area contributed by atoms with Crippen LogP contribution in [0.15, 0.2) is 18.2 Å². The number of hydrogen-bond donors (Lipinski definition) is 1. The lowest BCUT2D eigenvalue weighted by molar-refractivity contribution is -0.384. The molecule has 1 aromatic carbocycles. The third-order valence-electron chi connectivity index (χ3n) is 3.10. The van der Waals surface area contributed by atoms with E-state index in [9.17, 15) is 10.1 Å². The molecule has 5 nitrogen and oxygen atoms in total. The summed E-state index contributed by atoms with van der Waals surface area (Å²) in [5.74, 6) is 0.663. The molecule has 0 atom stereocenters. The van der Waals surface area contributed by atoms with Gasteiger partial charge in [-0.15, -0.1) is 0 Å². The molecule has 1 rings (SSSR count). The molecule has 0 saturated heterocycles. The lowest BCUT2D eigenvalue weighted by Gasteiger charge is -2.19. The number of nitro groups is 1. The topological polar surface area (TPSA) is 58.4 Å². The first-order valence-corrected chi connectivity index (χ1v) is 6.58. The van der Waals surface area contributed by atoms with Crippen molar-refractivity contribution in [2.24, 2.45) is 5.92 Å². The minimum absolute atomic E-state index is 0.136. The van der Waals surface area contributed by atoms with E-state index in [4.69, 9.17) is 0 Å². The van der Waals surface area contributed by atoms with Gasteiger partial charge in [-0.2, -0.15) is 0 Å². The normalized spacial score (nSPS) is 11.1. The number of nitrogens with one attached hydrogen (secondary N) is 1. The van der Waals surface area contributed by atoms with Gasteiger partial charge in [-0.1, -0.05) is 26.0 Å². The molecule has 19 heavy (non-hydrogen) atoms. The van der Waals surface area contributed by atoms with Gasteiger partial charge in [0.25, 0.3) is 5.69 Å². The Morgan fingerprint density at radius 1 is 1.42 bits per heavy atom. The van der Waals surface area contributed by atoms with Crippen molar-refractivity contribution in [3.05, 3.63) is 33.9 Å². The van der Waals surface area contributed by atoms with Crippen molar-refractivity contribution in [1.29, 1.82) is 0 Å². The van der Waals surface area contributed by atoms with Gasteiger partial charge in [-0.3, -0.25) is 10.1 Å². The van der Waals surface area contributed by atoms with Crippen molar-refractivity contribution < 1.29 is 4.92 Å². The summed E-state index contributed by atoms with van der Waals surface area (Å²) in [4.78, 5) is 12.8. The van der Waals surface area contributed by atoms with Crippen LogP contribution in [0, 0.1) is 16.0 Å². The van der Waals surface area contributed by atoms with Crippen molar-refractivity contribution in [3.63, 3.8) is 0 Å². The average Bonchev–Trinajstić information content (AvgIpc) is 2.36. The molecule has 0 aliphatic heterocycles. The van der Waals surface area contributed by atoms with Crippen LogP contribution in [0.3, 0.4) is 0 Å². The molecule has 0 amide bonds. The fourth-order valence-corrected chi connectivity index (χ4v) is 2.01. The summed E-state index contributed by atoms with van der Waals surface area (Å²) in [6.07, 6.45) is 1.13. The van der Waals surface area contributed by atoms with Crippen molar-refractivity contribution in [1.82, 2.24) is 4.90 Å². The van der Waals surface area contributed by atoms with E-state index in [2.05, 4.69) is 24.1 Å². The van der Waals surface area contributed by atoms with Crippen LogP contribution in [0.2, 0.25) is 0 Å². The lowest BCUT2D eigenvalue weighted by Crippen LogP contribution is -2.21. The lowest BCUT2D eigenvalue weighted by atomic mass is 10.1. The number of para-hydroxylation sites is 1. The van der Waals surface area contributed by atoms with Gasteiger partial charge in [0.1, 0.15) is 5.69 Å². The number of benzene rings is 1. The minimum atomic E-state index is -0.344. The Balaban J connectivity index is 2.83. The molecule has 0 aromatic heterocycles. The van der Waals surface area contributed by atoms with Crippen LogP contribution in [-0.2, 0) is 6.54 Å². The zero-order valence-corrected chi connectivity index (χ0v) is 12.1. The summed E-state index contributed by atoms with van der Waals surface area (Å²) in [7, 11) is 3.76. The molecule has 1 aromatic rings. The summed E-state index contributed by atoms with van der Waals surface area (Å²) in [6, 6.07) is 5.21. The third-order valence-corrected chi connectivity index (χ3v) is 3.10. The van der Waals surface area contributed by atoms with Crippen LogP contribution in [-0.4, -0.2) is 30.5 Å². The number of nitro benzene ring substituents is 1. The van der Waals surface area contributed by atoms with Crippen LogP contribution >= 0.6 is 0 Å². The van der Waals surface area contributed by atoms with Gasteiger partial charge in [0.05, 0.1) is 4.92 Å². The van der Waals surface area contributed by atoms with E-state index in [1.807, 2.05) is 13.1 Å². The molecule has 1 N–H and O–H groups in total. The predicted molar refractivity (Wildman–Crippen MR) is 78.4 cm³/mol. The molecule has 0 radical (unpaired) electrons. The minimum Gasteiger partial charge on any atom is -0.382 e. The summed E-state index contributed by atoms with van der Waals surface area (Å²) in [5, 5.41) is 13.9. The second-order valence-electron chi connectivity index (χ2n) is 5.24. The number of rotatable bonds is 7. The molecule has 0 saturated carbocycles. The van der Waals surface area contributed by atoms with Crippen LogP contribution in [0.4, 0.5) is 11.4 Å². The number of hydrogen-bond acceptors (Lipinski definition) is 4. The highest BCUT2D eigenvalue weighted by Gasteiger charge is 2.16. The largest absolute Gasteiger partial charge is 0.382 e. The van der Waals surface area contributed by atoms with Crippen LogP contribution in [0.5, 0.6) is 0 Å². The maximum absolute atomic E-state index is 11.0. The van der Waals surface area contributed by atoms with Gasteiger partial charge < -0.3 is 10.2 Å². The van der Waals surface area contributed by atoms with Crippen molar-refractivity contribution in [2.45, 2.75) is 26.8 Å². The maximum Gasteiger partial charge on any atom is 0.292 e. The highest BCUT2D eigenvalue weighted by atomic mass is 16.6. The fraction of sp³-hybridized carbons (Fsp3) is 0.571.